The summed E-state index contributed by atoms with van der Waals surface area (Å²) in [6.45, 7) is 2.39. The Labute approximate surface area is 175 Å². The van der Waals surface area contributed by atoms with Crippen LogP contribution in [-0.2, 0) is 14.8 Å². The van der Waals surface area contributed by atoms with E-state index in [1.807, 2.05) is 0 Å². The molecule has 2 aromatic carbocycles. The Morgan fingerprint density at radius 2 is 1.93 bits per heavy atom. The number of carbonyl (C=O) groups is 1. The summed E-state index contributed by atoms with van der Waals surface area (Å²) in [4.78, 5) is 11.9. The van der Waals surface area contributed by atoms with Crippen molar-refractivity contribution in [2.45, 2.75) is 11.8 Å². The summed E-state index contributed by atoms with van der Waals surface area (Å²) in [6.07, 6.45) is 0. The third kappa shape index (κ3) is 4.38. The molecule has 1 aliphatic heterocycles. The van der Waals surface area contributed by atoms with Crippen LogP contribution in [0.1, 0.15) is 15.9 Å². The van der Waals surface area contributed by atoms with Gasteiger partial charge in [-0.2, -0.15) is 4.31 Å². The molecular formula is C18H16BrClFNO5S. The highest BCUT2D eigenvalue weighted by molar-refractivity contribution is 9.10. The Bertz CT molecular complexity index is 1000. The van der Waals surface area contributed by atoms with E-state index in [0.717, 1.165) is 27.0 Å². The monoisotopic (exact) mass is 491 g/mol. The van der Waals surface area contributed by atoms with E-state index < -0.39 is 26.7 Å². The molecule has 3 rings (SSSR count). The van der Waals surface area contributed by atoms with Crippen molar-refractivity contribution in [2.24, 2.45) is 0 Å². The number of hydrogen-bond donors (Lipinski definition) is 0. The van der Waals surface area contributed by atoms with Crippen molar-refractivity contribution in [3.05, 3.63) is 56.8 Å². The van der Waals surface area contributed by atoms with E-state index in [9.17, 15) is 17.6 Å². The first-order chi connectivity index (χ1) is 13.2. The molecule has 0 saturated carbocycles. The second-order valence-electron chi connectivity index (χ2n) is 6.08. The minimum atomic E-state index is -4.11. The lowest BCUT2D eigenvalue weighted by Gasteiger charge is -2.26. The highest BCUT2D eigenvalue weighted by atomic mass is 79.9. The number of nitrogens with zero attached hydrogens (tertiary/aromatic N) is 1. The standard InChI is InChI=1S/C18H16BrClFNO5S/c1-11-8-13(19)10-14(20)17(11)27-18(23)12-2-3-15(21)16(9-12)28(24,25)22-4-6-26-7-5-22/h2-3,8-10H,4-7H2,1H3. The summed E-state index contributed by atoms with van der Waals surface area (Å²) in [5.41, 5.74) is 0.502. The largest absolute Gasteiger partial charge is 0.421 e. The first-order valence-electron chi connectivity index (χ1n) is 8.25. The number of benzene rings is 2. The quantitative estimate of drug-likeness (QED) is 0.480. The Hall–Kier alpha value is -1.52. The van der Waals surface area contributed by atoms with Gasteiger partial charge in [0.2, 0.25) is 10.0 Å². The molecule has 150 valence electrons. The number of aryl methyl sites for hydroxylation is 1. The molecule has 1 saturated heterocycles. The number of sulfonamides is 1. The summed E-state index contributed by atoms with van der Waals surface area (Å²) in [5.74, 6) is -1.64. The van der Waals surface area contributed by atoms with Gasteiger partial charge in [0, 0.05) is 17.6 Å². The lowest BCUT2D eigenvalue weighted by Crippen LogP contribution is -2.41. The predicted molar refractivity (Wildman–Crippen MR) is 105 cm³/mol. The van der Waals surface area contributed by atoms with Crippen LogP contribution in [0.5, 0.6) is 5.75 Å². The molecule has 1 aliphatic rings. The van der Waals surface area contributed by atoms with Crippen LogP contribution >= 0.6 is 27.5 Å². The second kappa shape index (κ2) is 8.46. The van der Waals surface area contributed by atoms with E-state index in [2.05, 4.69) is 15.9 Å². The molecule has 2 aromatic rings. The normalized spacial score (nSPS) is 15.4. The fraction of sp³-hybridized carbons (Fsp3) is 0.278. The maximum absolute atomic E-state index is 14.3. The Kier molecular flexibility index (Phi) is 6.41. The van der Waals surface area contributed by atoms with Crippen LogP contribution in [0, 0.1) is 12.7 Å². The van der Waals surface area contributed by atoms with Gasteiger partial charge in [0.15, 0.2) is 5.75 Å². The van der Waals surface area contributed by atoms with Gasteiger partial charge in [-0.3, -0.25) is 0 Å². The highest BCUT2D eigenvalue weighted by Gasteiger charge is 2.30. The van der Waals surface area contributed by atoms with E-state index in [4.69, 9.17) is 21.1 Å². The SMILES string of the molecule is Cc1cc(Br)cc(Cl)c1OC(=O)c1ccc(F)c(S(=O)(=O)N2CCOCC2)c1. The van der Waals surface area contributed by atoms with Gasteiger partial charge in [0.1, 0.15) is 10.7 Å². The molecule has 1 heterocycles. The zero-order valence-electron chi connectivity index (χ0n) is 14.7. The Balaban J connectivity index is 1.92. The van der Waals surface area contributed by atoms with Crippen LogP contribution in [0.2, 0.25) is 5.02 Å². The van der Waals surface area contributed by atoms with Crippen LogP contribution in [0.15, 0.2) is 39.7 Å². The van der Waals surface area contributed by atoms with Crippen molar-refractivity contribution >= 4 is 43.5 Å². The first-order valence-corrected chi connectivity index (χ1v) is 10.9. The van der Waals surface area contributed by atoms with E-state index >= 15 is 0 Å². The van der Waals surface area contributed by atoms with E-state index in [-0.39, 0.29) is 42.6 Å². The van der Waals surface area contributed by atoms with E-state index in [1.165, 1.54) is 0 Å². The lowest BCUT2D eigenvalue weighted by molar-refractivity contribution is 0.0726. The molecule has 10 heteroatoms. The predicted octanol–water partition coefficient (Wildman–Crippen LogP) is 3.79. The molecule has 0 aliphatic carbocycles. The molecule has 28 heavy (non-hydrogen) atoms. The minimum Gasteiger partial charge on any atom is -0.421 e. The number of ether oxygens (including phenoxy) is 2. The van der Waals surface area contributed by atoms with Crippen LogP contribution in [-0.4, -0.2) is 45.0 Å². The van der Waals surface area contributed by atoms with Crippen molar-refractivity contribution in [3.8, 4) is 5.75 Å². The van der Waals surface area contributed by atoms with Gasteiger partial charge in [-0.15, -0.1) is 0 Å². The van der Waals surface area contributed by atoms with Gasteiger partial charge in [-0.05, 0) is 42.8 Å². The van der Waals surface area contributed by atoms with E-state index in [0.29, 0.717) is 5.56 Å². The second-order valence-corrected chi connectivity index (χ2v) is 9.31. The average molecular weight is 493 g/mol. The molecule has 0 aromatic heterocycles. The van der Waals surface area contributed by atoms with Gasteiger partial charge in [0.05, 0.1) is 23.8 Å². The minimum absolute atomic E-state index is 0.105. The molecule has 0 atom stereocenters. The van der Waals surface area contributed by atoms with Crippen molar-refractivity contribution in [3.63, 3.8) is 0 Å². The van der Waals surface area contributed by atoms with Gasteiger partial charge >= 0.3 is 5.97 Å². The highest BCUT2D eigenvalue weighted by Crippen LogP contribution is 2.33. The number of rotatable bonds is 4. The molecular weight excluding hydrogens is 477 g/mol. The number of hydrogen-bond acceptors (Lipinski definition) is 5. The third-order valence-corrected chi connectivity index (χ3v) is 6.80. The van der Waals surface area contributed by atoms with Crippen LogP contribution in [0.3, 0.4) is 0 Å². The maximum Gasteiger partial charge on any atom is 0.343 e. The first kappa shape index (κ1) is 21.2. The smallest absolute Gasteiger partial charge is 0.343 e. The average Bonchev–Trinajstić information content (AvgIpc) is 2.65. The Morgan fingerprint density at radius 3 is 2.57 bits per heavy atom. The van der Waals surface area contributed by atoms with Crippen molar-refractivity contribution < 1.29 is 27.1 Å². The fourth-order valence-electron chi connectivity index (χ4n) is 2.72. The van der Waals surface area contributed by atoms with Gasteiger partial charge in [-0.1, -0.05) is 27.5 Å². The van der Waals surface area contributed by atoms with Gasteiger partial charge in [0.25, 0.3) is 0 Å². The number of halogens is 3. The number of esters is 1. The molecule has 0 spiro atoms. The van der Waals surface area contributed by atoms with Gasteiger partial charge in [-0.25, -0.2) is 17.6 Å². The summed E-state index contributed by atoms with van der Waals surface area (Å²) < 4.78 is 52.0. The van der Waals surface area contributed by atoms with Crippen molar-refractivity contribution in [1.82, 2.24) is 4.31 Å². The Morgan fingerprint density at radius 1 is 1.25 bits per heavy atom. The number of carbonyl (C=O) groups excluding carboxylic acids is 1. The lowest BCUT2D eigenvalue weighted by atomic mass is 10.2. The molecule has 0 radical (unpaired) electrons. The molecule has 0 N–H and O–H groups in total. The molecule has 1 fully saturated rings. The zero-order chi connectivity index (χ0) is 20.5. The number of morpholine rings is 1. The zero-order valence-corrected chi connectivity index (χ0v) is 17.9. The molecule has 0 unspecified atom stereocenters. The van der Waals surface area contributed by atoms with Crippen molar-refractivity contribution in [1.29, 1.82) is 0 Å². The summed E-state index contributed by atoms with van der Waals surface area (Å²) in [7, 11) is -4.11. The molecule has 6 nitrogen and oxygen atoms in total. The fourth-order valence-corrected chi connectivity index (χ4v) is 5.23. The molecule has 0 bridgehead atoms. The van der Waals surface area contributed by atoms with Crippen molar-refractivity contribution in [2.75, 3.05) is 26.3 Å². The molecule has 0 amide bonds. The van der Waals surface area contributed by atoms with Crippen LogP contribution in [0.25, 0.3) is 0 Å². The summed E-state index contributed by atoms with van der Waals surface area (Å²) >= 11 is 9.40. The van der Waals surface area contributed by atoms with Crippen LogP contribution < -0.4 is 4.74 Å². The summed E-state index contributed by atoms with van der Waals surface area (Å²) in [5, 5.41) is 0.212. The topological polar surface area (TPSA) is 72.9 Å². The van der Waals surface area contributed by atoms with Crippen LogP contribution in [0.4, 0.5) is 4.39 Å². The van der Waals surface area contributed by atoms with E-state index in [1.54, 1.807) is 19.1 Å². The van der Waals surface area contributed by atoms with Gasteiger partial charge < -0.3 is 9.47 Å². The third-order valence-electron chi connectivity index (χ3n) is 4.14. The maximum atomic E-state index is 14.3. The summed E-state index contributed by atoms with van der Waals surface area (Å²) in [6, 6.07) is 6.35.